The molecule has 0 unspecified atom stereocenters. The molecule has 2 bridgehead atoms. The fraction of sp³-hybridized carbons (Fsp3) is 0.533. The maximum absolute atomic E-state index is 4.94. The number of aromatic amines is 1. The quantitative estimate of drug-likeness (QED) is 0.811. The molecule has 1 saturated carbocycles. The van der Waals surface area contributed by atoms with Crippen LogP contribution in [0.1, 0.15) is 50.9 Å². The summed E-state index contributed by atoms with van der Waals surface area (Å²) in [4.78, 5) is 9.80. The Bertz CT molecular complexity index is 608. The molecule has 2 aliphatic carbocycles. The highest BCUT2D eigenvalue weighted by Gasteiger charge is 2.61. The van der Waals surface area contributed by atoms with Gasteiger partial charge in [0.25, 0.3) is 0 Å². The number of H-pyrrole nitrogens is 1. The van der Waals surface area contributed by atoms with Crippen molar-refractivity contribution in [1.82, 2.24) is 9.97 Å². The maximum Gasteiger partial charge on any atom is 0.147 e. The van der Waals surface area contributed by atoms with Crippen LogP contribution < -0.4 is 0 Å². The number of nitrogens with zero attached hydrogens (tertiary/aromatic N) is 1. The number of thiophene rings is 1. The molecule has 0 radical (unpaired) electrons. The Morgan fingerprint density at radius 1 is 1.39 bits per heavy atom. The first-order valence-corrected chi connectivity index (χ1v) is 7.56. The lowest BCUT2D eigenvalue weighted by atomic mass is 9.70. The molecule has 1 fully saturated rings. The predicted octanol–water partition coefficient (Wildman–Crippen LogP) is 4.31. The maximum atomic E-state index is 4.94. The minimum Gasteiger partial charge on any atom is -0.341 e. The van der Waals surface area contributed by atoms with Crippen molar-refractivity contribution in [1.29, 1.82) is 0 Å². The molecule has 3 heteroatoms. The van der Waals surface area contributed by atoms with Crippen molar-refractivity contribution >= 4 is 11.3 Å². The average molecular weight is 258 g/mol. The van der Waals surface area contributed by atoms with Gasteiger partial charge in [-0.1, -0.05) is 26.8 Å². The molecule has 4 rings (SSSR count). The zero-order chi connectivity index (χ0) is 12.5. The molecule has 18 heavy (non-hydrogen) atoms. The Morgan fingerprint density at radius 3 is 2.89 bits per heavy atom. The Labute approximate surface area is 111 Å². The van der Waals surface area contributed by atoms with Crippen LogP contribution in [0.5, 0.6) is 0 Å². The molecule has 0 spiro atoms. The van der Waals surface area contributed by atoms with Gasteiger partial charge < -0.3 is 4.98 Å². The third kappa shape index (κ3) is 1.03. The number of nitrogens with one attached hydrogen (secondary N) is 1. The third-order valence-corrected chi connectivity index (χ3v) is 6.46. The molecule has 2 aromatic heterocycles. The highest BCUT2D eigenvalue weighted by atomic mass is 32.1. The summed E-state index contributed by atoms with van der Waals surface area (Å²) in [7, 11) is 0. The van der Waals surface area contributed by atoms with Crippen molar-refractivity contribution < 1.29 is 0 Å². The summed E-state index contributed by atoms with van der Waals surface area (Å²) < 4.78 is 0. The van der Waals surface area contributed by atoms with Crippen molar-refractivity contribution in [3.05, 3.63) is 28.9 Å². The first-order valence-electron chi connectivity index (χ1n) is 6.68. The molecule has 2 atom stereocenters. The standard InChI is InChI=1S/C15H18N2S/c1-14(2)9-6-7-15(14,3)12-11(9)16-13(17-12)10-5-4-8-18-10/h4-5,8-9H,6-7H2,1-3H3,(H,16,17)/t9-,15+/m1/s1. The fourth-order valence-corrected chi connectivity index (χ4v) is 4.69. The van der Waals surface area contributed by atoms with Crippen LogP contribution in [0.2, 0.25) is 0 Å². The summed E-state index contributed by atoms with van der Waals surface area (Å²) >= 11 is 1.76. The van der Waals surface area contributed by atoms with Crippen LogP contribution in [-0.4, -0.2) is 9.97 Å². The van der Waals surface area contributed by atoms with Crippen molar-refractivity contribution in [2.24, 2.45) is 5.41 Å². The monoisotopic (exact) mass is 258 g/mol. The molecule has 0 saturated heterocycles. The van der Waals surface area contributed by atoms with Crippen LogP contribution in [0.15, 0.2) is 17.5 Å². The van der Waals surface area contributed by atoms with E-state index in [0.717, 1.165) is 5.82 Å². The van der Waals surface area contributed by atoms with Crippen LogP contribution >= 0.6 is 11.3 Å². The lowest BCUT2D eigenvalue weighted by Gasteiger charge is -2.34. The first-order chi connectivity index (χ1) is 8.54. The van der Waals surface area contributed by atoms with E-state index < -0.39 is 0 Å². The predicted molar refractivity (Wildman–Crippen MR) is 75.0 cm³/mol. The SMILES string of the molecule is CC1(C)[C@@H]2CC[C@@]1(C)c1nc(-c3cccs3)[nH]c12. The van der Waals surface area contributed by atoms with E-state index in [1.807, 2.05) is 0 Å². The van der Waals surface area contributed by atoms with Crippen molar-refractivity contribution in [2.75, 3.05) is 0 Å². The summed E-state index contributed by atoms with van der Waals surface area (Å²) in [6.07, 6.45) is 2.59. The topological polar surface area (TPSA) is 28.7 Å². The van der Waals surface area contributed by atoms with Crippen molar-refractivity contribution in [2.45, 2.75) is 44.9 Å². The van der Waals surface area contributed by atoms with Gasteiger partial charge in [0.2, 0.25) is 0 Å². The Balaban J connectivity index is 1.90. The number of fused-ring (bicyclic) bond motifs is 5. The molecule has 0 amide bonds. The van der Waals surface area contributed by atoms with Gasteiger partial charge in [-0.25, -0.2) is 4.98 Å². The van der Waals surface area contributed by atoms with Crippen molar-refractivity contribution in [3.8, 4) is 10.7 Å². The van der Waals surface area contributed by atoms with Gasteiger partial charge in [0.1, 0.15) is 5.82 Å². The highest BCUT2D eigenvalue weighted by Crippen LogP contribution is 2.67. The van der Waals surface area contributed by atoms with Crippen LogP contribution in [0.25, 0.3) is 10.7 Å². The van der Waals surface area contributed by atoms with Gasteiger partial charge in [0.05, 0.1) is 10.6 Å². The number of hydrogen-bond donors (Lipinski definition) is 1. The molecule has 2 aromatic rings. The van der Waals surface area contributed by atoms with E-state index in [-0.39, 0.29) is 5.41 Å². The number of aromatic nitrogens is 2. The molecule has 1 N–H and O–H groups in total. The summed E-state index contributed by atoms with van der Waals surface area (Å²) in [5, 5.41) is 2.11. The molecular weight excluding hydrogens is 240 g/mol. The van der Waals surface area contributed by atoms with Gasteiger partial charge in [0, 0.05) is 17.0 Å². The van der Waals surface area contributed by atoms with E-state index in [1.165, 1.54) is 29.1 Å². The lowest BCUT2D eigenvalue weighted by molar-refractivity contribution is 0.226. The molecule has 0 aliphatic heterocycles. The van der Waals surface area contributed by atoms with Gasteiger partial charge >= 0.3 is 0 Å². The number of imidazole rings is 1. The fourth-order valence-electron chi connectivity index (χ4n) is 4.02. The second-order valence-corrected chi connectivity index (χ2v) is 7.42. The van der Waals surface area contributed by atoms with Crippen molar-refractivity contribution in [3.63, 3.8) is 0 Å². The van der Waals surface area contributed by atoms with Gasteiger partial charge in [0.15, 0.2) is 0 Å². The first kappa shape index (κ1) is 10.8. The normalized spacial score (nSPS) is 31.8. The summed E-state index contributed by atoms with van der Waals surface area (Å²) in [6.45, 7) is 7.22. The highest BCUT2D eigenvalue weighted by molar-refractivity contribution is 7.13. The van der Waals surface area contributed by atoms with E-state index in [9.17, 15) is 0 Å². The number of rotatable bonds is 1. The smallest absolute Gasteiger partial charge is 0.147 e. The van der Waals surface area contributed by atoms with E-state index in [1.54, 1.807) is 11.3 Å². The van der Waals surface area contributed by atoms with E-state index in [4.69, 9.17) is 4.98 Å². The lowest BCUT2D eigenvalue weighted by Crippen LogP contribution is -2.31. The summed E-state index contributed by atoms with van der Waals surface area (Å²) in [5.41, 5.74) is 3.37. The molecule has 2 aliphatic rings. The second kappa shape index (κ2) is 3.08. The van der Waals surface area contributed by atoms with Crippen LogP contribution in [0.4, 0.5) is 0 Å². The zero-order valence-corrected chi connectivity index (χ0v) is 11.9. The molecule has 2 heterocycles. The van der Waals surface area contributed by atoms with E-state index in [2.05, 4.69) is 43.3 Å². The zero-order valence-electron chi connectivity index (χ0n) is 11.1. The van der Waals surface area contributed by atoms with E-state index in [0.29, 0.717) is 11.3 Å². The molecule has 2 nitrogen and oxygen atoms in total. The largest absolute Gasteiger partial charge is 0.341 e. The summed E-state index contributed by atoms with van der Waals surface area (Å²) in [6, 6.07) is 4.24. The minimum atomic E-state index is 0.263. The molecular formula is C15H18N2S. The van der Waals surface area contributed by atoms with Gasteiger partial charge in [-0.3, -0.25) is 0 Å². The third-order valence-electron chi connectivity index (χ3n) is 5.58. The Kier molecular flexibility index (Phi) is 1.85. The van der Waals surface area contributed by atoms with E-state index >= 15 is 0 Å². The molecule has 0 aromatic carbocycles. The van der Waals surface area contributed by atoms with Crippen LogP contribution in [0.3, 0.4) is 0 Å². The number of hydrogen-bond acceptors (Lipinski definition) is 2. The van der Waals surface area contributed by atoms with Gasteiger partial charge in [-0.15, -0.1) is 11.3 Å². The Hall–Kier alpha value is -1.09. The van der Waals surface area contributed by atoms with Crippen LogP contribution in [0, 0.1) is 5.41 Å². The minimum absolute atomic E-state index is 0.263. The Morgan fingerprint density at radius 2 is 2.22 bits per heavy atom. The van der Waals surface area contributed by atoms with Gasteiger partial charge in [-0.05, 0) is 29.7 Å². The molecule has 94 valence electrons. The summed E-state index contributed by atoms with van der Waals surface area (Å²) in [5.74, 6) is 1.74. The average Bonchev–Trinajstić information content (AvgIpc) is 3.02. The van der Waals surface area contributed by atoms with Gasteiger partial charge in [-0.2, -0.15) is 0 Å². The van der Waals surface area contributed by atoms with Crippen LogP contribution in [-0.2, 0) is 5.41 Å². The second-order valence-electron chi connectivity index (χ2n) is 6.47.